The Labute approximate surface area is 193 Å². The number of benzene rings is 1. The van der Waals surface area contributed by atoms with E-state index in [-0.39, 0.29) is 24.4 Å². The number of ether oxygens (including phenoxy) is 1. The molecule has 0 spiro atoms. The summed E-state index contributed by atoms with van der Waals surface area (Å²) in [5.41, 5.74) is 0.753. The largest absolute Gasteiger partial charge is 0.444 e. The van der Waals surface area contributed by atoms with Crippen LogP contribution in [0.1, 0.15) is 85.9 Å². The van der Waals surface area contributed by atoms with Crippen molar-refractivity contribution in [3.05, 3.63) is 35.4 Å². The Morgan fingerprint density at radius 2 is 1.56 bits per heavy atom. The third-order valence-corrected chi connectivity index (χ3v) is 4.86. The first-order valence-corrected chi connectivity index (χ1v) is 11.4. The van der Waals surface area contributed by atoms with E-state index in [1.807, 2.05) is 58.9 Å². The third kappa shape index (κ3) is 8.89. The highest BCUT2D eigenvalue weighted by atomic mass is 16.6. The Morgan fingerprint density at radius 3 is 2.00 bits per heavy atom. The molecule has 0 aliphatic heterocycles. The van der Waals surface area contributed by atoms with E-state index in [9.17, 15) is 14.4 Å². The lowest BCUT2D eigenvalue weighted by Gasteiger charge is -2.37. The average molecular weight is 448 g/mol. The Hall–Kier alpha value is -2.57. The molecule has 0 aromatic heterocycles. The zero-order valence-corrected chi connectivity index (χ0v) is 21.2. The predicted molar refractivity (Wildman–Crippen MR) is 127 cm³/mol. The van der Waals surface area contributed by atoms with Crippen molar-refractivity contribution in [2.24, 2.45) is 0 Å². The van der Waals surface area contributed by atoms with E-state index in [0.717, 1.165) is 17.5 Å². The normalized spacial score (nSPS) is 13.7. The molecule has 2 N–H and O–H groups in total. The number of nitrogens with one attached hydrogen (secondary N) is 2. The maximum atomic E-state index is 13.4. The number of nitrogens with zero attached hydrogens (tertiary/aromatic N) is 1. The minimum atomic E-state index is -0.817. The predicted octanol–water partition coefficient (Wildman–Crippen LogP) is 4.36. The van der Waals surface area contributed by atoms with Gasteiger partial charge in [0.2, 0.25) is 11.8 Å². The molecule has 0 saturated heterocycles. The number of rotatable bonds is 8. The molecule has 0 bridgehead atoms. The van der Waals surface area contributed by atoms with E-state index in [1.165, 1.54) is 0 Å². The van der Waals surface area contributed by atoms with Gasteiger partial charge >= 0.3 is 6.09 Å². The molecule has 3 amide bonds. The number of aryl methyl sites for hydroxylation is 1. The Bertz CT molecular complexity index is 776. The first-order valence-electron chi connectivity index (χ1n) is 11.4. The maximum absolute atomic E-state index is 13.4. The van der Waals surface area contributed by atoms with Gasteiger partial charge in [-0.25, -0.2) is 4.79 Å². The standard InChI is InChI=1S/C25H41N3O4/c1-10-17(3)28(20(29)16-26-23(31)32-25(7,8)9)21(22(30)27-24(4,5)6)19-14-12-18(11-2)13-15-19/h12-15,17,21H,10-11,16H2,1-9H3,(H,26,31)(H,27,30). The summed E-state index contributed by atoms with van der Waals surface area (Å²) in [4.78, 5) is 40.3. The summed E-state index contributed by atoms with van der Waals surface area (Å²) in [5, 5.41) is 5.54. The molecular weight excluding hydrogens is 406 g/mol. The quantitative estimate of drug-likeness (QED) is 0.620. The van der Waals surface area contributed by atoms with Crippen molar-refractivity contribution in [1.29, 1.82) is 0 Å². The summed E-state index contributed by atoms with van der Waals surface area (Å²) in [7, 11) is 0. The number of carbonyl (C=O) groups is 3. The summed E-state index contributed by atoms with van der Waals surface area (Å²) >= 11 is 0. The second kappa shape index (κ2) is 11.3. The van der Waals surface area contributed by atoms with Gasteiger partial charge in [0.25, 0.3) is 0 Å². The van der Waals surface area contributed by atoms with Crippen molar-refractivity contribution in [2.75, 3.05) is 6.54 Å². The number of hydrogen-bond donors (Lipinski definition) is 2. The van der Waals surface area contributed by atoms with Gasteiger partial charge in [0, 0.05) is 11.6 Å². The van der Waals surface area contributed by atoms with E-state index in [1.54, 1.807) is 25.7 Å². The van der Waals surface area contributed by atoms with Gasteiger partial charge in [-0.05, 0) is 72.4 Å². The Morgan fingerprint density at radius 1 is 1.00 bits per heavy atom. The van der Waals surface area contributed by atoms with Gasteiger partial charge in [0.15, 0.2) is 0 Å². The molecule has 2 unspecified atom stereocenters. The van der Waals surface area contributed by atoms with Crippen LogP contribution in [0, 0.1) is 0 Å². The Balaban J connectivity index is 3.28. The summed E-state index contributed by atoms with van der Waals surface area (Å²) in [6.45, 7) is 16.7. The van der Waals surface area contributed by atoms with Crippen LogP contribution in [0.25, 0.3) is 0 Å². The number of amides is 3. The summed E-state index contributed by atoms with van der Waals surface area (Å²) < 4.78 is 5.24. The highest BCUT2D eigenvalue weighted by molar-refractivity contribution is 5.91. The molecule has 1 aromatic rings. The van der Waals surface area contributed by atoms with Gasteiger partial charge in [-0.15, -0.1) is 0 Å². The molecule has 0 heterocycles. The molecule has 0 aliphatic rings. The van der Waals surface area contributed by atoms with Crippen LogP contribution in [0.15, 0.2) is 24.3 Å². The molecule has 32 heavy (non-hydrogen) atoms. The van der Waals surface area contributed by atoms with Crippen molar-refractivity contribution in [1.82, 2.24) is 15.5 Å². The molecule has 1 aromatic carbocycles. The topological polar surface area (TPSA) is 87.7 Å². The van der Waals surface area contributed by atoms with E-state index in [4.69, 9.17) is 4.74 Å². The van der Waals surface area contributed by atoms with Crippen LogP contribution in [0.3, 0.4) is 0 Å². The van der Waals surface area contributed by atoms with Crippen LogP contribution in [0.5, 0.6) is 0 Å². The fraction of sp³-hybridized carbons (Fsp3) is 0.640. The van der Waals surface area contributed by atoms with Gasteiger partial charge in [-0.1, -0.05) is 38.1 Å². The summed E-state index contributed by atoms with van der Waals surface area (Å²) in [5.74, 6) is -0.605. The SMILES string of the molecule is CCc1ccc(C(C(=O)NC(C)(C)C)N(C(=O)CNC(=O)OC(C)(C)C)C(C)CC)cc1. The fourth-order valence-electron chi connectivity index (χ4n) is 3.21. The smallest absolute Gasteiger partial charge is 0.408 e. The van der Waals surface area contributed by atoms with Gasteiger partial charge in [0.05, 0.1) is 0 Å². The van der Waals surface area contributed by atoms with Gasteiger partial charge in [-0.3, -0.25) is 9.59 Å². The zero-order chi connectivity index (χ0) is 24.7. The van der Waals surface area contributed by atoms with Crippen molar-refractivity contribution >= 4 is 17.9 Å². The van der Waals surface area contributed by atoms with Crippen molar-refractivity contribution in [3.63, 3.8) is 0 Å². The highest BCUT2D eigenvalue weighted by Crippen LogP contribution is 2.26. The third-order valence-electron chi connectivity index (χ3n) is 4.86. The molecular formula is C25H41N3O4. The van der Waals surface area contributed by atoms with E-state index < -0.39 is 23.3 Å². The van der Waals surface area contributed by atoms with Gasteiger partial charge in [0.1, 0.15) is 18.2 Å². The van der Waals surface area contributed by atoms with Crippen molar-refractivity contribution < 1.29 is 19.1 Å². The van der Waals surface area contributed by atoms with Gasteiger partial charge in [-0.2, -0.15) is 0 Å². The minimum Gasteiger partial charge on any atom is -0.444 e. The second-order valence-electron chi connectivity index (χ2n) is 10.2. The van der Waals surface area contributed by atoms with Gasteiger partial charge < -0.3 is 20.3 Å². The Kier molecular flexibility index (Phi) is 9.73. The maximum Gasteiger partial charge on any atom is 0.408 e. The van der Waals surface area contributed by atoms with Crippen LogP contribution < -0.4 is 10.6 Å². The van der Waals surface area contributed by atoms with E-state index in [0.29, 0.717) is 6.42 Å². The lowest BCUT2D eigenvalue weighted by Crippen LogP contribution is -2.53. The first-order chi connectivity index (χ1) is 14.7. The molecule has 180 valence electrons. The fourth-order valence-corrected chi connectivity index (χ4v) is 3.21. The molecule has 0 aliphatic carbocycles. The van der Waals surface area contributed by atoms with Crippen LogP contribution in [-0.2, 0) is 20.7 Å². The first kappa shape index (κ1) is 27.5. The lowest BCUT2D eigenvalue weighted by molar-refractivity contribution is -0.143. The summed E-state index contributed by atoms with van der Waals surface area (Å²) in [6.07, 6.45) is 0.871. The van der Waals surface area contributed by atoms with Crippen LogP contribution in [-0.4, -0.2) is 46.5 Å². The molecule has 7 heteroatoms. The van der Waals surface area contributed by atoms with Crippen LogP contribution >= 0.6 is 0 Å². The molecule has 1 rings (SSSR count). The number of hydrogen-bond acceptors (Lipinski definition) is 4. The van der Waals surface area contributed by atoms with Crippen LogP contribution in [0.2, 0.25) is 0 Å². The van der Waals surface area contributed by atoms with E-state index >= 15 is 0 Å². The highest BCUT2D eigenvalue weighted by Gasteiger charge is 2.35. The number of carbonyl (C=O) groups excluding carboxylic acids is 3. The number of alkyl carbamates (subject to hydrolysis) is 1. The van der Waals surface area contributed by atoms with Crippen LogP contribution in [0.4, 0.5) is 4.79 Å². The molecule has 0 saturated carbocycles. The second-order valence-corrected chi connectivity index (χ2v) is 10.2. The molecule has 7 nitrogen and oxygen atoms in total. The van der Waals surface area contributed by atoms with E-state index in [2.05, 4.69) is 17.6 Å². The minimum absolute atomic E-state index is 0.218. The van der Waals surface area contributed by atoms with Crippen molar-refractivity contribution in [2.45, 2.75) is 98.4 Å². The zero-order valence-electron chi connectivity index (χ0n) is 21.2. The summed E-state index contributed by atoms with van der Waals surface area (Å²) in [6, 6.07) is 6.72. The lowest BCUT2D eigenvalue weighted by atomic mass is 9.98. The molecule has 0 fully saturated rings. The van der Waals surface area contributed by atoms with Crippen molar-refractivity contribution in [3.8, 4) is 0 Å². The monoisotopic (exact) mass is 447 g/mol. The molecule has 2 atom stereocenters. The molecule has 0 radical (unpaired) electrons. The average Bonchev–Trinajstić information content (AvgIpc) is 2.67.